The van der Waals surface area contributed by atoms with Crippen LogP contribution >= 0.6 is 24.8 Å². The van der Waals surface area contributed by atoms with E-state index in [1.54, 1.807) is 6.07 Å². The molecule has 2 nitrogen and oxygen atoms in total. The van der Waals surface area contributed by atoms with Crippen molar-refractivity contribution in [2.24, 2.45) is 0 Å². The SMILES string of the molecule is Cl.Cl.Fc1ccc(CCN2CCN(CCCc3ccccc3)CC2)cc1F. The van der Waals surface area contributed by atoms with Crippen LogP contribution in [0.25, 0.3) is 0 Å². The Kier molecular flexibility index (Phi) is 10.9. The summed E-state index contributed by atoms with van der Waals surface area (Å²) in [7, 11) is 0. The van der Waals surface area contributed by atoms with Crippen LogP contribution in [0.4, 0.5) is 8.78 Å². The van der Waals surface area contributed by atoms with Gasteiger partial charge in [0.1, 0.15) is 0 Å². The lowest BCUT2D eigenvalue weighted by Crippen LogP contribution is -2.47. The normalized spacial score (nSPS) is 15.0. The van der Waals surface area contributed by atoms with Crippen LogP contribution in [0.2, 0.25) is 0 Å². The van der Waals surface area contributed by atoms with E-state index in [-0.39, 0.29) is 24.8 Å². The first-order valence-corrected chi connectivity index (χ1v) is 9.13. The van der Waals surface area contributed by atoms with E-state index in [4.69, 9.17) is 0 Å². The van der Waals surface area contributed by atoms with E-state index in [2.05, 4.69) is 40.1 Å². The average molecular weight is 417 g/mol. The van der Waals surface area contributed by atoms with E-state index < -0.39 is 11.6 Å². The Labute approximate surface area is 173 Å². The van der Waals surface area contributed by atoms with Crippen LogP contribution in [0.5, 0.6) is 0 Å². The predicted molar refractivity (Wildman–Crippen MR) is 112 cm³/mol. The standard InChI is InChI=1S/C21H26F2N2.2ClH/c22-20-9-8-19(17-21(20)23)10-12-25-15-13-24(14-16-25)11-4-7-18-5-2-1-3-6-18;;/h1-3,5-6,8-9,17H,4,7,10-16H2;2*1H. The monoisotopic (exact) mass is 416 g/mol. The molecule has 0 unspecified atom stereocenters. The first-order chi connectivity index (χ1) is 12.2. The molecule has 0 spiro atoms. The maximum atomic E-state index is 13.2. The van der Waals surface area contributed by atoms with Gasteiger partial charge in [-0.3, -0.25) is 0 Å². The third-order valence-electron chi connectivity index (χ3n) is 4.95. The number of hydrogen-bond donors (Lipinski definition) is 0. The summed E-state index contributed by atoms with van der Waals surface area (Å²) in [6.07, 6.45) is 3.10. The van der Waals surface area contributed by atoms with Crippen molar-refractivity contribution >= 4 is 24.8 Å². The fourth-order valence-corrected chi connectivity index (χ4v) is 3.37. The summed E-state index contributed by atoms with van der Waals surface area (Å²) >= 11 is 0. The highest BCUT2D eigenvalue weighted by atomic mass is 35.5. The van der Waals surface area contributed by atoms with Crippen molar-refractivity contribution < 1.29 is 8.78 Å². The number of hydrogen-bond acceptors (Lipinski definition) is 2. The minimum Gasteiger partial charge on any atom is -0.301 e. The molecule has 2 aromatic carbocycles. The lowest BCUT2D eigenvalue weighted by molar-refractivity contribution is 0.132. The number of nitrogens with zero attached hydrogens (tertiary/aromatic N) is 2. The van der Waals surface area contributed by atoms with Gasteiger partial charge in [-0.15, -0.1) is 24.8 Å². The quantitative estimate of drug-likeness (QED) is 0.650. The molecule has 1 aliphatic rings. The first-order valence-electron chi connectivity index (χ1n) is 9.13. The number of piperazine rings is 1. The van der Waals surface area contributed by atoms with Gasteiger partial charge in [0.05, 0.1) is 0 Å². The summed E-state index contributed by atoms with van der Waals surface area (Å²) in [5, 5.41) is 0. The van der Waals surface area contributed by atoms with Gasteiger partial charge in [-0.1, -0.05) is 36.4 Å². The highest BCUT2D eigenvalue weighted by Crippen LogP contribution is 2.11. The summed E-state index contributed by atoms with van der Waals surface area (Å²) < 4.78 is 26.2. The number of rotatable bonds is 7. The Bertz CT molecular complexity index is 662. The molecule has 0 N–H and O–H groups in total. The molecule has 0 bridgehead atoms. The lowest BCUT2D eigenvalue weighted by atomic mass is 10.1. The molecule has 2 aromatic rings. The van der Waals surface area contributed by atoms with Crippen LogP contribution in [0.15, 0.2) is 48.5 Å². The van der Waals surface area contributed by atoms with E-state index in [0.29, 0.717) is 0 Å². The van der Waals surface area contributed by atoms with Gasteiger partial charge in [0.2, 0.25) is 0 Å². The zero-order valence-electron chi connectivity index (χ0n) is 15.4. The molecule has 0 aromatic heterocycles. The summed E-state index contributed by atoms with van der Waals surface area (Å²) in [6.45, 7) is 6.33. The Balaban J connectivity index is 0.00000182. The molecule has 1 saturated heterocycles. The highest BCUT2D eigenvalue weighted by Gasteiger charge is 2.16. The molecule has 0 amide bonds. The Morgan fingerprint density at radius 3 is 1.93 bits per heavy atom. The van der Waals surface area contributed by atoms with Gasteiger partial charge in [0.25, 0.3) is 0 Å². The fraction of sp³-hybridized carbons (Fsp3) is 0.429. The summed E-state index contributed by atoms with van der Waals surface area (Å²) in [5.41, 5.74) is 2.27. The second-order valence-corrected chi connectivity index (χ2v) is 6.77. The lowest BCUT2D eigenvalue weighted by Gasteiger charge is -2.34. The van der Waals surface area contributed by atoms with Crippen LogP contribution in [0, 0.1) is 11.6 Å². The number of aryl methyl sites for hydroxylation is 1. The van der Waals surface area contributed by atoms with E-state index in [1.165, 1.54) is 24.1 Å². The molecular formula is C21H28Cl2F2N2. The van der Waals surface area contributed by atoms with Crippen molar-refractivity contribution in [3.05, 3.63) is 71.3 Å². The zero-order chi connectivity index (χ0) is 17.5. The van der Waals surface area contributed by atoms with Crippen molar-refractivity contribution in [2.75, 3.05) is 39.3 Å². The van der Waals surface area contributed by atoms with Gasteiger partial charge in [-0.25, -0.2) is 8.78 Å². The third kappa shape index (κ3) is 7.74. The molecule has 27 heavy (non-hydrogen) atoms. The maximum absolute atomic E-state index is 13.2. The van der Waals surface area contributed by atoms with Crippen LogP contribution in [-0.4, -0.2) is 49.1 Å². The molecule has 0 atom stereocenters. The Hall–Kier alpha value is -1.20. The van der Waals surface area contributed by atoms with E-state index in [0.717, 1.165) is 57.7 Å². The van der Waals surface area contributed by atoms with Gasteiger partial charge in [0, 0.05) is 32.7 Å². The minimum atomic E-state index is -0.770. The number of halogens is 4. The molecule has 6 heteroatoms. The zero-order valence-corrected chi connectivity index (χ0v) is 17.1. The maximum Gasteiger partial charge on any atom is 0.159 e. The predicted octanol–water partition coefficient (Wildman–Crippen LogP) is 4.60. The summed E-state index contributed by atoms with van der Waals surface area (Å²) in [6, 6.07) is 14.8. The third-order valence-corrected chi connectivity index (χ3v) is 4.95. The van der Waals surface area contributed by atoms with Gasteiger partial charge in [0.15, 0.2) is 11.6 Å². The molecule has 1 aliphatic heterocycles. The van der Waals surface area contributed by atoms with Gasteiger partial charge < -0.3 is 9.80 Å². The van der Waals surface area contributed by atoms with Gasteiger partial charge >= 0.3 is 0 Å². The van der Waals surface area contributed by atoms with Crippen molar-refractivity contribution in [1.29, 1.82) is 0 Å². The van der Waals surface area contributed by atoms with Crippen LogP contribution in [0.1, 0.15) is 17.5 Å². The molecule has 150 valence electrons. The first kappa shape index (κ1) is 23.8. The van der Waals surface area contributed by atoms with Gasteiger partial charge in [-0.2, -0.15) is 0 Å². The van der Waals surface area contributed by atoms with Crippen molar-refractivity contribution in [1.82, 2.24) is 9.80 Å². The second kappa shape index (κ2) is 12.3. The Morgan fingerprint density at radius 1 is 0.667 bits per heavy atom. The topological polar surface area (TPSA) is 6.48 Å². The van der Waals surface area contributed by atoms with Crippen molar-refractivity contribution in [3.63, 3.8) is 0 Å². The second-order valence-electron chi connectivity index (χ2n) is 6.77. The molecule has 0 aliphatic carbocycles. The van der Waals surface area contributed by atoms with E-state index >= 15 is 0 Å². The van der Waals surface area contributed by atoms with Crippen LogP contribution in [-0.2, 0) is 12.8 Å². The van der Waals surface area contributed by atoms with Crippen LogP contribution in [0.3, 0.4) is 0 Å². The minimum absolute atomic E-state index is 0. The summed E-state index contributed by atoms with van der Waals surface area (Å²) in [5.74, 6) is -1.52. The van der Waals surface area contributed by atoms with Crippen molar-refractivity contribution in [2.45, 2.75) is 19.3 Å². The van der Waals surface area contributed by atoms with E-state index in [9.17, 15) is 8.78 Å². The van der Waals surface area contributed by atoms with Crippen molar-refractivity contribution in [3.8, 4) is 0 Å². The van der Waals surface area contributed by atoms with Crippen LogP contribution < -0.4 is 0 Å². The average Bonchev–Trinajstić information content (AvgIpc) is 2.65. The molecule has 1 fully saturated rings. The molecule has 0 radical (unpaired) electrons. The Morgan fingerprint density at radius 2 is 1.30 bits per heavy atom. The highest BCUT2D eigenvalue weighted by molar-refractivity contribution is 5.85. The molecule has 1 heterocycles. The molecular weight excluding hydrogens is 389 g/mol. The van der Waals surface area contributed by atoms with E-state index in [1.807, 2.05) is 0 Å². The fourth-order valence-electron chi connectivity index (χ4n) is 3.37. The number of benzene rings is 2. The largest absolute Gasteiger partial charge is 0.301 e. The molecule has 3 rings (SSSR count). The summed E-state index contributed by atoms with van der Waals surface area (Å²) in [4.78, 5) is 4.94. The smallest absolute Gasteiger partial charge is 0.159 e. The molecule has 0 saturated carbocycles. The van der Waals surface area contributed by atoms with Gasteiger partial charge in [-0.05, 0) is 49.1 Å².